The summed E-state index contributed by atoms with van der Waals surface area (Å²) < 4.78 is 5.25. The lowest BCUT2D eigenvalue weighted by atomic mass is 10.2. The molecule has 0 radical (unpaired) electrons. The molecule has 0 fully saturated rings. The third-order valence-electron chi connectivity index (χ3n) is 2.09. The summed E-state index contributed by atoms with van der Waals surface area (Å²) in [5, 5.41) is 16.0. The van der Waals surface area contributed by atoms with Gasteiger partial charge in [0.25, 0.3) is 0 Å². The van der Waals surface area contributed by atoms with Crippen molar-refractivity contribution >= 4 is 11.8 Å². The van der Waals surface area contributed by atoms with Gasteiger partial charge in [-0.3, -0.25) is 5.41 Å². The summed E-state index contributed by atoms with van der Waals surface area (Å²) in [6.07, 6.45) is -0.452. The van der Waals surface area contributed by atoms with E-state index < -0.39 is 12.1 Å². The molecular formula is C11H14N2O3. The second-order valence-electron chi connectivity index (χ2n) is 3.29. The normalized spacial score (nSPS) is 11.8. The Kier molecular flexibility index (Phi) is 3.88. The highest BCUT2D eigenvalue weighted by molar-refractivity contribution is 5.94. The smallest absolute Gasteiger partial charge is 0.344 e. The lowest BCUT2D eigenvalue weighted by Crippen LogP contribution is -2.25. The van der Waals surface area contributed by atoms with Gasteiger partial charge in [0.1, 0.15) is 11.6 Å². The molecule has 0 aliphatic rings. The Hall–Kier alpha value is -2.04. The highest BCUT2D eigenvalue weighted by Gasteiger charge is 2.16. The number of ether oxygens (including phenoxy) is 1. The number of nitrogens with one attached hydrogen (secondary N) is 1. The Labute approximate surface area is 93.4 Å². The molecule has 0 amide bonds. The summed E-state index contributed by atoms with van der Waals surface area (Å²) in [6, 6.07) is 6.43. The number of benzene rings is 1. The van der Waals surface area contributed by atoms with Crippen molar-refractivity contribution in [3.63, 3.8) is 0 Å². The zero-order valence-corrected chi connectivity index (χ0v) is 8.93. The van der Waals surface area contributed by atoms with Crippen LogP contribution in [-0.2, 0) is 4.79 Å². The van der Waals surface area contributed by atoms with Crippen molar-refractivity contribution in [1.29, 1.82) is 5.41 Å². The largest absolute Gasteiger partial charge is 0.479 e. The fourth-order valence-corrected chi connectivity index (χ4v) is 1.19. The van der Waals surface area contributed by atoms with Crippen molar-refractivity contribution in [3.8, 4) is 5.75 Å². The first-order valence-electron chi connectivity index (χ1n) is 4.88. The minimum Gasteiger partial charge on any atom is -0.479 e. The summed E-state index contributed by atoms with van der Waals surface area (Å²) in [7, 11) is 0. The van der Waals surface area contributed by atoms with Crippen LogP contribution in [0.3, 0.4) is 0 Å². The SMILES string of the molecule is CCC(Oc1ccc(C(=N)N)cc1)C(=O)O. The molecule has 5 heteroatoms. The lowest BCUT2D eigenvalue weighted by molar-refractivity contribution is -0.145. The summed E-state index contributed by atoms with van der Waals surface area (Å²) in [4.78, 5) is 10.7. The summed E-state index contributed by atoms with van der Waals surface area (Å²) in [6.45, 7) is 1.74. The lowest BCUT2D eigenvalue weighted by Gasteiger charge is -2.13. The van der Waals surface area contributed by atoms with Gasteiger partial charge in [0.15, 0.2) is 6.10 Å². The molecule has 1 aromatic rings. The topological polar surface area (TPSA) is 96.4 Å². The molecule has 1 unspecified atom stereocenters. The number of rotatable bonds is 5. The molecule has 0 saturated heterocycles. The maximum absolute atomic E-state index is 10.7. The third-order valence-corrected chi connectivity index (χ3v) is 2.09. The Morgan fingerprint density at radius 2 is 2.06 bits per heavy atom. The number of aliphatic carboxylic acids is 1. The Morgan fingerprint density at radius 3 is 2.44 bits per heavy atom. The second kappa shape index (κ2) is 5.16. The van der Waals surface area contributed by atoms with Gasteiger partial charge in [-0.15, -0.1) is 0 Å². The van der Waals surface area contributed by atoms with Crippen LogP contribution in [0.15, 0.2) is 24.3 Å². The van der Waals surface area contributed by atoms with E-state index in [1.54, 1.807) is 31.2 Å². The summed E-state index contributed by atoms with van der Waals surface area (Å²) in [5.74, 6) is -0.561. The quantitative estimate of drug-likeness (QED) is 0.515. The molecule has 0 spiro atoms. The molecule has 1 aromatic carbocycles. The molecule has 1 rings (SSSR count). The zero-order chi connectivity index (χ0) is 12.1. The summed E-state index contributed by atoms with van der Waals surface area (Å²) >= 11 is 0. The number of carboxylic acid groups (broad SMARTS) is 1. The van der Waals surface area contributed by atoms with Crippen LogP contribution in [0.25, 0.3) is 0 Å². The monoisotopic (exact) mass is 222 g/mol. The molecule has 0 heterocycles. The number of carboxylic acids is 1. The highest BCUT2D eigenvalue weighted by atomic mass is 16.5. The number of carbonyl (C=O) groups is 1. The van der Waals surface area contributed by atoms with E-state index in [9.17, 15) is 4.79 Å². The predicted molar refractivity (Wildman–Crippen MR) is 59.8 cm³/mol. The van der Waals surface area contributed by atoms with E-state index >= 15 is 0 Å². The van der Waals surface area contributed by atoms with Crippen molar-refractivity contribution in [2.24, 2.45) is 5.73 Å². The molecule has 5 nitrogen and oxygen atoms in total. The van der Waals surface area contributed by atoms with E-state index in [-0.39, 0.29) is 5.84 Å². The van der Waals surface area contributed by atoms with Gasteiger partial charge >= 0.3 is 5.97 Å². The van der Waals surface area contributed by atoms with Crippen molar-refractivity contribution in [3.05, 3.63) is 29.8 Å². The van der Waals surface area contributed by atoms with Crippen molar-refractivity contribution in [2.75, 3.05) is 0 Å². The Bertz CT molecular complexity index is 387. The standard InChI is InChI=1S/C11H14N2O3/c1-2-9(11(14)15)16-8-5-3-7(4-6-8)10(12)13/h3-6,9H,2H2,1H3,(H3,12,13)(H,14,15). The van der Waals surface area contributed by atoms with E-state index in [2.05, 4.69) is 0 Å². The first-order valence-corrected chi connectivity index (χ1v) is 4.88. The van der Waals surface area contributed by atoms with Crippen LogP contribution >= 0.6 is 0 Å². The van der Waals surface area contributed by atoms with E-state index in [4.69, 9.17) is 21.0 Å². The molecule has 0 aliphatic heterocycles. The molecular weight excluding hydrogens is 208 g/mol. The number of hydrogen-bond acceptors (Lipinski definition) is 3. The van der Waals surface area contributed by atoms with E-state index in [1.807, 2.05) is 0 Å². The van der Waals surface area contributed by atoms with Crippen molar-refractivity contribution in [2.45, 2.75) is 19.4 Å². The molecule has 1 atom stereocenters. The average Bonchev–Trinajstić information content (AvgIpc) is 2.26. The van der Waals surface area contributed by atoms with Crippen molar-refractivity contribution in [1.82, 2.24) is 0 Å². The van der Waals surface area contributed by atoms with E-state index in [0.29, 0.717) is 17.7 Å². The van der Waals surface area contributed by atoms with Gasteiger partial charge in [-0.05, 0) is 30.7 Å². The highest BCUT2D eigenvalue weighted by Crippen LogP contribution is 2.14. The van der Waals surface area contributed by atoms with Gasteiger partial charge < -0.3 is 15.6 Å². The van der Waals surface area contributed by atoms with Crippen LogP contribution < -0.4 is 10.5 Å². The van der Waals surface area contributed by atoms with Crippen LogP contribution in [-0.4, -0.2) is 23.0 Å². The Balaban J connectivity index is 2.75. The van der Waals surface area contributed by atoms with Gasteiger partial charge in [-0.1, -0.05) is 6.92 Å². The minimum atomic E-state index is -0.988. The number of hydrogen-bond donors (Lipinski definition) is 3. The molecule has 0 bridgehead atoms. The van der Waals surface area contributed by atoms with Crippen LogP contribution in [0.5, 0.6) is 5.75 Å². The van der Waals surface area contributed by atoms with E-state index in [0.717, 1.165) is 0 Å². The third kappa shape index (κ3) is 2.98. The van der Waals surface area contributed by atoms with Gasteiger partial charge in [0, 0.05) is 5.56 Å². The van der Waals surface area contributed by atoms with E-state index in [1.165, 1.54) is 0 Å². The van der Waals surface area contributed by atoms with Gasteiger partial charge in [0.05, 0.1) is 0 Å². The second-order valence-corrected chi connectivity index (χ2v) is 3.29. The van der Waals surface area contributed by atoms with Crippen LogP contribution in [0.1, 0.15) is 18.9 Å². The molecule has 0 aliphatic carbocycles. The molecule has 86 valence electrons. The minimum absolute atomic E-state index is 0.0307. The molecule has 16 heavy (non-hydrogen) atoms. The number of nitrogen functional groups attached to an aromatic ring is 1. The van der Waals surface area contributed by atoms with Crippen LogP contribution in [0, 0.1) is 5.41 Å². The van der Waals surface area contributed by atoms with Gasteiger partial charge in [0.2, 0.25) is 0 Å². The fourth-order valence-electron chi connectivity index (χ4n) is 1.19. The predicted octanol–water partition coefficient (Wildman–Crippen LogP) is 1.21. The first-order chi connectivity index (χ1) is 7.54. The van der Waals surface area contributed by atoms with Gasteiger partial charge in [-0.2, -0.15) is 0 Å². The number of nitrogens with two attached hydrogens (primary N) is 1. The number of amidine groups is 1. The fraction of sp³-hybridized carbons (Fsp3) is 0.273. The van der Waals surface area contributed by atoms with Crippen molar-refractivity contribution < 1.29 is 14.6 Å². The first kappa shape index (κ1) is 12.0. The zero-order valence-electron chi connectivity index (χ0n) is 8.93. The summed E-state index contributed by atoms with van der Waals surface area (Å²) in [5.41, 5.74) is 5.87. The molecule has 0 saturated carbocycles. The van der Waals surface area contributed by atoms with Crippen LogP contribution in [0.2, 0.25) is 0 Å². The molecule has 0 aromatic heterocycles. The average molecular weight is 222 g/mol. The Morgan fingerprint density at radius 1 is 1.50 bits per heavy atom. The maximum atomic E-state index is 10.7. The van der Waals surface area contributed by atoms with Gasteiger partial charge in [-0.25, -0.2) is 4.79 Å². The maximum Gasteiger partial charge on any atom is 0.344 e. The van der Waals surface area contributed by atoms with Crippen LogP contribution in [0.4, 0.5) is 0 Å². The molecule has 4 N–H and O–H groups in total.